The molecule has 0 saturated heterocycles. The molecule has 0 heterocycles. The Bertz CT molecular complexity index is 981. The Morgan fingerprint density at radius 1 is 0.861 bits per heavy atom. The van der Waals surface area contributed by atoms with Crippen molar-refractivity contribution >= 4 is 17.8 Å². The van der Waals surface area contributed by atoms with Gasteiger partial charge in [-0.15, -0.1) is 0 Å². The average Bonchev–Trinajstić information content (AvgIpc) is 2.81. The van der Waals surface area contributed by atoms with Gasteiger partial charge in [0.1, 0.15) is 30.0 Å². The second-order valence-corrected chi connectivity index (χ2v) is 10.3. The van der Waals surface area contributed by atoms with Crippen molar-refractivity contribution in [2.75, 3.05) is 0 Å². The summed E-state index contributed by atoms with van der Waals surface area (Å²) >= 11 is 0. The average molecular weight is 497 g/mol. The number of nitrogens with one attached hydrogen (secondary N) is 2. The maximum absolute atomic E-state index is 13.1. The highest BCUT2D eigenvalue weighted by molar-refractivity contribution is 5.90. The van der Waals surface area contributed by atoms with Crippen LogP contribution in [-0.2, 0) is 32.1 Å². The van der Waals surface area contributed by atoms with Crippen LogP contribution in [0.1, 0.15) is 65.5 Å². The fourth-order valence-corrected chi connectivity index (χ4v) is 3.54. The highest BCUT2D eigenvalue weighted by Crippen LogP contribution is 2.17. The molecule has 2 atom stereocenters. The molecule has 7 nitrogen and oxygen atoms in total. The SMILES string of the molecule is CCC(=O)NC(CC(C)C)C(=O)NC(Cc1ccc(OCc2ccccc2)cc1)C(=O)OC(C)(C)C. The molecule has 2 amide bonds. The lowest BCUT2D eigenvalue weighted by atomic mass is 10.0. The number of ether oxygens (including phenoxy) is 2. The van der Waals surface area contributed by atoms with Crippen LogP contribution in [0.2, 0.25) is 0 Å². The summed E-state index contributed by atoms with van der Waals surface area (Å²) in [6.07, 6.45) is 0.984. The molecule has 2 aromatic rings. The van der Waals surface area contributed by atoms with Gasteiger partial charge in [-0.1, -0.05) is 63.2 Å². The number of esters is 1. The Labute approximate surface area is 215 Å². The van der Waals surface area contributed by atoms with Gasteiger partial charge in [0.25, 0.3) is 0 Å². The third-order valence-electron chi connectivity index (χ3n) is 5.30. The molecule has 0 spiro atoms. The predicted octanol–water partition coefficient (Wildman–Crippen LogP) is 4.58. The number of carbonyl (C=O) groups is 3. The van der Waals surface area contributed by atoms with Gasteiger partial charge in [0, 0.05) is 12.8 Å². The van der Waals surface area contributed by atoms with Crippen molar-refractivity contribution in [1.29, 1.82) is 0 Å². The maximum Gasteiger partial charge on any atom is 0.329 e. The fraction of sp³-hybridized carbons (Fsp3) is 0.483. The van der Waals surface area contributed by atoms with Crippen LogP contribution in [-0.4, -0.2) is 35.5 Å². The normalized spacial score (nSPS) is 13.0. The Morgan fingerprint density at radius 3 is 2.06 bits per heavy atom. The summed E-state index contributed by atoms with van der Waals surface area (Å²) in [6, 6.07) is 15.7. The van der Waals surface area contributed by atoms with E-state index in [1.165, 1.54) is 0 Å². The van der Waals surface area contributed by atoms with E-state index in [-0.39, 0.29) is 24.7 Å². The van der Waals surface area contributed by atoms with E-state index in [4.69, 9.17) is 9.47 Å². The maximum atomic E-state index is 13.1. The van der Waals surface area contributed by atoms with E-state index in [0.717, 1.165) is 11.1 Å². The Kier molecular flexibility index (Phi) is 11.0. The molecule has 7 heteroatoms. The van der Waals surface area contributed by atoms with Crippen molar-refractivity contribution in [2.45, 2.75) is 85.1 Å². The molecule has 2 aromatic carbocycles. The first kappa shape index (κ1) is 28.9. The van der Waals surface area contributed by atoms with Gasteiger partial charge in [-0.3, -0.25) is 9.59 Å². The molecule has 36 heavy (non-hydrogen) atoms. The fourth-order valence-electron chi connectivity index (χ4n) is 3.54. The summed E-state index contributed by atoms with van der Waals surface area (Å²) in [6.45, 7) is 11.5. The molecule has 2 N–H and O–H groups in total. The summed E-state index contributed by atoms with van der Waals surface area (Å²) in [5, 5.41) is 5.59. The van der Waals surface area contributed by atoms with E-state index in [0.29, 0.717) is 18.8 Å². The molecule has 0 aromatic heterocycles. The zero-order chi connectivity index (χ0) is 26.7. The molecule has 0 aliphatic rings. The first-order valence-electron chi connectivity index (χ1n) is 12.5. The lowest BCUT2D eigenvalue weighted by Gasteiger charge is -2.27. The number of carbonyl (C=O) groups excluding carboxylic acids is 3. The van der Waals surface area contributed by atoms with Crippen molar-refractivity contribution in [1.82, 2.24) is 10.6 Å². The zero-order valence-electron chi connectivity index (χ0n) is 22.3. The molecular weight excluding hydrogens is 456 g/mol. The standard InChI is InChI=1S/C29H40N2O5/c1-7-26(32)30-24(17-20(2)3)27(33)31-25(28(34)36-29(4,5)6)18-21-13-15-23(16-14-21)35-19-22-11-9-8-10-12-22/h8-16,20,24-25H,7,17-19H2,1-6H3,(H,30,32)(H,31,33). The van der Waals surface area contributed by atoms with Crippen molar-refractivity contribution in [3.05, 3.63) is 65.7 Å². The summed E-state index contributed by atoms with van der Waals surface area (Å²) in [4.78, 5) is 38.1. The smallest absolute Gasteiger partial charge is 0.329 e. The van der Waals surface area contributed by atoms with Crippen LogP contribution in [0, 0.1) is 5.92 Å². The molecular formula is C29H40N2O5. The van der Waals surface area contributed by atoms with E-state index >= 15 is 0 Å². The quantitative estimate of drug-likeness (QED) is 0.420. The van der Waals surface area contributed by atoms with Crippen molar-refractivity contribution in [3.8, 4) is 5.75 Å². The number of rotatable bonds is 12. The number of amides is 2. The van der Waals surface area contributed by atoms with Crippen LogP contribution in [0.25, 0.3) is 0 Å². The van der Waals surface area contributed by atoms with E-state index in [2.05, 4.69) is 10.6 Å². The van der Waals surface area contributed by atoms with Gasteiger partial charge in [-0.25, -0.2) is 4.79 Å². The minimum atomic E-state index is -0.902. The molecule has 0 aliphatic heterocycles. The highest BCUT2D eigenvalue weighted by atomic mass is 16.6. The summed E-state index contributed by atoms with van der Waals surface area (Å²) < 4.78 is 11.4. The lowest BCUT2D eigenvalue weighted by Crippen LogP contribution is -2.53. The van der Waals surface area contributed by atoms with Gasteiger partial charge in [-0.2, -0.15) is 0 Å². The Morgan fingerprint density at radius 2 is 1.50 bits per heavy atom. The minimum absolute atomic E-state index is 0.182. The third kappa shape index (κ3) is 10.5. The van der Waals surface area contributed by atoms with Crippen LogP contribution in [0.3, 0.4) is 0 Å². The van der Waals surface area contributed by atoms with Gasteiger partial charge in [0.2, 0.25) is 11.8 Å². The zero-order valence-corrected chi connectivity index (χ0v) is 22.3. The number of hydrogen-bond donors (Lipinski definition) is 2. The minimum Gasteiger partial charge on any atom is -0.489 e. The van der Waals surface area contributed by atoms with E-state index in [1.54, 1.807) is 27.7 Å². The largest absolute Gasteiger partial charge is 0.489 e. The van der Waals surface area contributed by atoms with Crippen molar-refractivity contribution < 1.29 is 23.9 Å². The van der Waals surface area contributed by atoms with Crippen molar-refractivity contribution in [3.63, 3.8) is 0 Å². The summed E-state index contributed by atoms with van der Waals surface area (Å²) in [5.41, 5.74) is 1.21. The number of benzene rings is 2. The van der Waals surface area contributed by atoms with E-state index < -0.39 is 29.6 Å². The first-order chi connectivity index (χ1) is 17.0. The Balaban J connectivity index is 2.13. The van der Waals surface area contributed by atoms with Crippen LogP contribution < -0.4 is 15.4 Å². The molecule has 0 saturated carbocycles. The Hall–Kier alpha value is -3.35. The molecule has 0 aliphatic carbocycles. The first-order valence-corrected chi connectivity index (χ1v) is 12.5. The monoisotopic (exact) mass is 496 g/mol. The summed E-state index contributed by atoms with van der Waals surface area (Å²) in [5.74, 6) is -0.244. The molecule has 196 valence electrons. The van der Waals surface area contributed by atoms with E-state index in [1.807, 2.05) is 68.4 Å². The van der Waals surface area contributed by atoms with Crippen LogP contribution in [0.5, 0.6) is 5.75 Å². The molecule has 0 bridgehead atoms. The second-order valence-electron chi connectivity index (χ2n) is 10.3. The highest BCUT2D eigenvalue weighted by Gasteiger charge is 2.30. The topological polar surface area (TPSA) is 93.7 Å². The predicted molar refractivity (Wildman–Crippen MR) is 140 cm³/mol. The van der Waals surface area contributed by atoms with Crippen LogP contribution >= 0.6 is 0 Å². The van der Waals surface area contributed by atoms with E-state index in [9.17, 15) is 14.4 Å². The summed E-state index contributed by atoms with van der Waals surface area (Å²) in [7, 11) is 0. The molecule has 2 rings (SSSR count). The van der Waals surface area contributed by atoms with Crippen LogP contribution in [0.15, 0.2) is 54.6 Å². The number of hydrogen-bond acceptors (Lipinski definition) is 5. The second kappa shape index (κ2) is 13.7. The lowest BCUT2D eigenvalue weighted by molar-refractivity contribution is -0.158. The van der Waals surface area contributed by atoms with Gasteiger partial charge in [0.15, 0.2) is 0 Å². The van der Waals surface area contributed by atoms with Crippen LogP contribution in [0.4, 0.5) is 0 Å². The van der Waals surface area contributed by atoms with Gasteiger partial charge in [-0.05, 0) is 56.4 Å². The van der Waals surface area contributed by atoms with Crippen molar-refractivity contribution in [2.24, 2.45) is 5.92 Å². The third-order valence-corrected chi connectivity index (χ3v) is 5.30. The molecule has 0 radical (unpaired) electrons. The van der Waals surface area contributed by atoms with Gasteiger partial charge >= 0.3 is 5.97 Å². The molecule has 2 unspecified atom stereocenters. The molecule has 0 fully saturated rings. The van der Waals surface area contributed by atoms with Gasteiger partial charge in [0.05, 0.1) is 0 Å². The van der Waals surface area contributed by atoms with Gasteiger partial charge < -0.3 is 20.1 Å².